The number of carbonyl (C=O) groups is 1. The fourth-order valence-corrected chi connectivity index (χ4v) is 4.30. The SMILES string of the molecule is Cc1ccc(C(=O)N2CCC(O)(Cn3cnc4c(cnn4-c4ccccc4)c3=O)CC2)cc1. The Morgan fingerprint density at radius 1 is 1.06 bits per heavy atom. The van der Waals surface area contributed by atoms with Gasteiger partial charge in [0.05, 0.1) is 24.0 Å². The van der Waals surface area contributed by atoms with Crippen molar-refractivity contribution in [2.24, 2.45) is 0 Å². The summed E-state index contributed by atoms with van der Waals surface area (Å²) in [6.45, 7) is 2.97. The molecule has 4 aromatic rings. The summed E-state index contributed by atoms with van der Waals surface area (Å²) in [5.41, 5.74) is 1.72. The van der Waals surface area contributed by atoms with Gasteiger partial charge < -0.3 is 10.0 Å². The number of aromatic nitrogens is 4. The quantitative estimate of drug-likeness (QED) is 0.523. The number of amides is 1. The highest BCUT2D eigenvalue weighted by Gasteiger charge is 2.35. The summed E-state index contributed by atoms with van der Waals surface area (Å²) in [7, 11) is 0. The first-order valence-electron chi connectivity index (χ1n) is 11.0. The van der Waals surface area contributed by atoms with Gasteiger partial charge in [-0.2, -0.15) is 5.10 Å². The smallest absolute Gasteiger partial charge is 0.264 e. The number of aliphatic hydroxyl groups is 1. The molecule has 0 atom stereocenters. The van der Waals surface area contributed by atoms with E-state index in [4.69, 9.17) is 0 Å². The van der Waals surface area contributed by atoms with Crippen LogP contribution < -0.4 is 5.56 Å². The van der Waals surface area contributed by atoms with Gasteiger partial charge in [0.25, 0.3) is 11.5 Å². The summed E-state index contributed by atoms with van der Waals surface area (Å²) < 4.78 is 3.07. The molecule has 1 N–H and O–H groups in total. The van der Waals surface area contributed by atoms with Crippen molar-refractivity contribution in [1.29, 1.82) is 0 Å². The van der Waals surface area contributed by atoms with Crippen LogP contribution in [0.15, 0.2) is 71.9 Å². The van der Waals surface area contributed by atoms with Gasteiger partial charge in [-0.05, 0) is 44.0 Å². The lowest BCUT2D eigenvalue weighted by molar-refractivity contribution is -0.0299. The molecule has 0 bridgehead atoms. The second kappa shape index (κ2) is 8.29. The van der Waals surface area contributed by atoms with Crippen LogP contribution in [0.2, 0.25) is 0 Å². The van der Waals surface area contributed by atoms with Gasteiger partial charge in [-0.15, -0.1) is 0 Å². The van der Waals surface area contributed by atoms with E-state index in [9.17, 15) is 14.7 Å². The lowest BCUT2D eigenvalue weighted by atomic mass is 9.91. The summed E-state index contributed by atoms with van der Waals surface area (Å²) >= 11 is 0. The summed E-state index contributed by atoms with van der Waals surface area (Å²) in [5.74, 6) is -0.0365. The van der Waals surface area contributed by atoms with Crippen LogP contribution >= 0.6 is 0 Å². The van der Waals surface area contributed by atoms with Crippen LogP contribution in [0.5, 0.6) is 0 Å². The molecule has 5 rings (SSSR count). The van der Waals surface area contributed by atoms with E-state index in [1.807, 2.05) is 61.5 Å². The van der Waals surface area contributed by atoms with Crippen molar-refractivity contribution < 1.29 is 9.90 Å². The number of rotatable bonds is 4. The molecule has 1 aliphatic rings. The Labute approximate surface area is 190 Å². The van der Waals surface area contributed by atoms with Gasteiger partial charge in [-0.25, -0.2) is 9.67 Å². The Kier molecular flexibility index (Phi) is 5.30. The number of nitrogens with zero attached hydrogens (tertiary/aromatic N) is 5. The Morgan fingerprint density at radius 3 is 2.45 bits per heavy atom. The molecule has 0 unspecified atom stereocenters. The zero-order valence-corrected chi connectivity index (χ0v) is 18.4. The van der Waals surface area contributed by atoms with E-state index in [1.165, 1.54) is 17.1 Å². The molecule has 1 saturated heterocycles. The second-order valence-electron chi connectivity index (χ2n) is 8.69. The Morgan fingerprint density at radius 2 is 1.76 bits per heavy atom. The van der Waals surface area contributed by atoms with Crippen LogP contribution in [0.25, 0.3) is 16.7 Å². The second-order valence-corrected chi connectivity index (χ2v) is 8.69. The zero-order valence-electron chi connectivity index (χ0n) is 18.4. The van der Waals surface area contributed by atoms with Crippen LogP contribution in [-0.4, -0.2) is 53.9 Å². The standard InChI is InChI=1S/C25H25N5O3/c1-18-7-9-19(10-8-18)23(31)28-13-11-25(33,12-14-28)16-29-17-26-22-21(24(29)32)15-27-30(22)20-5-3-2-4-6-20/h2-10,15,17,33H,11-14,16H2,1H3. The van der Waals surface area contributed by atoms with Crippen LogP contribution in [0.4, 0.5) is 0 Å². The predicted octanol–water partition coefficient (Wildman–Crippen LogP) is 2.56. The number of carbonyl (C=O) groups excluding carboxylic acids is 1. The fourth-order valence-electron chi connectivity index (χ4n) is 4.30. The third-order valence-electron chi connectivity index (χ3n) is 6.30. The van der Waals surface area contributed by atoms with E-state index in [-0.39, 0.29) is 18.0 Å². The highest BCUT2D eigenvalue weighted by atomic mass is 16.3. The minimum absolute atomic E-state index is 0.0365. The third kappa shape index (κ3) is 4.05. The van der Waals surface area contributed by atoms with Gasteiger partial charge in [0, 0.05) is 18.7 Å². The van der Waals surface area contributed by atoms with Gasteiger partial charge in [-0.1, -0.05) is 35.9 Å². The number of likely N-dealkylation sites (tertiary alicyclic amines) is 1. The van der Waals surface area contributed by atoms with E-state index in [0.29, 0.717) is 42.5 Å². The van der Waals surface area contributed by atoms with E-state index < -0.39 is 5.60 Å². The van der Waals surface area contributed by atoms with Crippen molar-refractivity contribution in [3.63, 3.8) is 0 Å². The van der Waals surface area contributed by atoms with Crippen molar-refractivity contribution >= 4 is 16.9 Å². The molecule has 2 aromatic heterocycles. The molecule has 0 spiro atoms. The molecule has 1 aliphatic heterocycles. The number of hydrogen-bond acceptors (Lipinski definition) is 5. The number of hydrogen-bond donors (Lipinski definition) is 1. The van der Waals surface area contributed by atoms with Gasteiger partial charge in [0.1, 0.15) is 11.7 Å². The minimum atomic E-state index is -1.08. The van der Waals surface area contributed by atoms with Crippen molar-refractivity contribution in [3.05, 3.63) is 88.6 Å². The van der Waals surface area contributed by atoms with Crippen LogP contribution in [0.1, 0.15) is 28.8 Å². The molecule has 1 fully saturated rings. The molecule has 8 heteroatoms. The Hall–Kier alpha value is -3.78. The largest absolute Gasteiger partial charge is 0.388 e. The molecule has 3 heterocycles. The number of fused-ring (bicyclic) bond motifs is 1. The topological polar surface area (TPSA) is 93.2 Å². The fraction of sp³-hybridized carbons (Fsp3) is 0.280. The molecular formula is C25H25N5O3. The minimum Gasteiger partial charge on any atom is -0.388 e. The third-order valence-corrected chi connectivity index (χ3v) is 6.30. The molecule has 1 amide bonds. The maximum absolute atomic E-state index is 13.1. The van der Waals surface area contributed by atoms with E-state index in [2.05, 4.69) is 10.1 Å². The molecule has 0 radical (unpaired) electrons. The molecule has 33 heavy (non-hydrogen) atoms. The van der Waals surface area contributed by atoms with Crippen molar-refractivity contribution in [2.45, 2.75) is 31.9 Å². The number of aryl methyl sites for hydroxylation is 1. The monoisotopic (exact) mass is 443 g/mol. The average molecular weight is 444 g/mol. The predicted molar refractivity (Wildman–Crippen MR) is 124 cm³/mol. The Balaban J connectivity index is 1.32. The average Bonchev–Trinajstić information content (AvgIpc) is 3.27. The van der Waals surface area contributed by atoms with Crippen LogP contribution in [0, 0.1) is 6.92 Å². The molecule has 2 aromatic carbocycles. The van der Waals surface area contributed by atoms with Gasteiger partial charge in [-0.3, -0.25) is 14.2 Å². The van der Waals surface area contributed by atoms with E-state index in [1.54, 1.807) is 9.58 Å². The van der Waals surface area contributed by atoms with Crippen LogP contribution in [0.3, 0.4) is 0 Å². The number of para-hydroxylation sites is 1. The summed E-state index contributed by atoms with van der Waals surface area (Å²) in [5, 5.41) is 15.9. The first-order valence-corrected chi connectivity index (χ1v) is 11.0. The highest BCUT2D eigenvalue weighted by molar-refractivity contribution is 5.94. The van der Waals surface area contributed by atoms with Gasteiger partial charge in [0.2, 0.25) is 0 Å². The van der Waals surface area contributed by atoms with Gasteiger partial charge >= 0.3 is 0 Å². The molecule has 0 saturated carbocycles. The first kappa shape index (κ1) is 21.1. The number of benzene rings is 2. The molecular weight excluding hydrogens is 418 g/mol. The summed E-state index contributed by atoms with van der Waals surface area (Å²) in [6, 6.07) is 17.0. The van der Waals surface area contributed by atoms with E-state index >= 15 is 0 Å². The summed E-state index contributed by atoms with van der Waals surface area (Å²) in [6.07, 6.45) is 3.76. The molecule has 8 nitrogen and oxygen atoms in total. The summed E-state index contributed by atoms with van der Waals surface area (Å²) in [4.78, 5) is 32.0. The highest BCUT2D eigenvalue weighted by Crippen LogP contribution is 2.25. The van der Waals surface area contributed by atoms with Gasteiger partial charge in [0.15, 0.2) is 5.65 Å². The number of piperidine rings is 1. The van der Waals surface area contributed by atoms with Crippen molar-refractivity contribution in [3.8, 4) is 5.69 Å². The maximum Gasteiger partial charge on any atom is 0.264 e. The molecule has 0 aliphatic carbocycles. The van der Waals surface area contributed by atoms with E-state index in [0.717, 1.165) is 11.3 Å². The lowest BCUT2D eigenvalue weighted by Gasteiger charge is -2.38. The lowest BCUT2D eigenvalue weighted by Crippen LogP contribution is -2.49. The van der Waals surface area contributed by atoms with Crippen LogP contribution in [-0.2, 0) is 6.54 Å². The maximum atomic E-state index is 13.1. The molecule has 168 valence electrons. The van der Waals surface area contributed by atoms with Crippen molar-refractivity contribution in [2.75, 3.05) is 13.1 Å². The normalized spacial score (nSPS) is 15.6. The zero-order chi connectivity index (χ0) is 23.0. The Bertz CT molecular complexity index is 1350. The van der Waals surface area contributed by atoms with Crippen molar-refractivity contribution in [1.82, 2.24) is 24.2 Å². The first-order chi connectivity index (χ1) is 15.9.